The molecular weight excluding hydrogens is 815 g/mol. The third kappa shape index (κ3) is 51.5. The molecule has 0 aliphatic carbocycles. The minimum Gasteiger partial charge on any atom is -0.466 e. The van der Waals surface area contributed by atoms with Crippen molar-refractivity contribution < 1.29 is 24.5 Å². The maximum absolute atomic E-state index is 12.5. The normalized spacial score (nSPS) is 12.8. The first-order valence-electron chi connectivity index (χ1n) is 29.2. The highest BCUT2D eigenvalue weighted by molar-refractivity contribution is 5.76. The van der Waals surface area contributed by atoms with Gasteiger partial charge >= 0.3 is 5.97 Å². The van der Waals surface area contributed by atoms with E-state index in [4.69, 9.17) is 4.74 Å². The molecule has 0 aromatic heterocycles. The number of aliphatic hydroxyl groups excluding tert-OH is 2. The fourth-order valence-electron chi connectivity index (χ4n) is 8.90. The van der Waals surface area contributed by atoms with Gasteiger partial charge in [-0.25, -0.2) is 0 Å². The topological polar surface area (TPSA) is 95.9 Å². The molecule has 0 aromatic rings. The van der Waals surface area contributed by atoms with Crippen LogP contribution in [0.25, 0.3) is 0 Å². The Hall–Kier alpha value is -1.92. The first-order chi connectivity index (χ1) is 32.5. The number of hydrogen-bond acceptors (Lipinski definition) is 5. The van der Waals surface area contributed by atoms with Crippen molar-refractivity contribution in [1.82, 2.24) is 5.32 Å². The van der Waals surface area contributed by atoms with Gasteiger partial charge in [0.15, 0.2) is 0 Å². The summed E-state index contributed by atoms with van der Waals surface area (Å²) in [5, 5.41) is 23.3. The van der Waals surface area contributed by atoms with Crippen molar-refractivity contribution in [1.29, 1.82) is 0 Å². The third-order valence-electron chi connectivity index (χ3n) is 13.4. The van der Waals surface area contributed by atoms with Crippen LogP contribution in [0.1, 0.15) is 309 Å². The van der Waals surface area contributed by atoms with Crippen LogP contribution in [0, 0.1) is 0 Å². The molecule has 0 aliphatic heterocycles. The summed E-state index contributed by atoms with van der Waals surface area (Å²) in [7, 11) is 0. The largest absolute Gasteiger partial charge is 0.466 e. The third-order valence-corrected chi connectivity index (χ3v) is 13.4. The van der Waals surface area contributed by atoms with E-state index in [1.807, 2.05) is 0 Å². The smallest absolute Gasteiger partial charge is 0.305 e. The molecule has 66 heavy (non-hydrogen) atoms. The highest BCUT2D eigenvalue weighted by Gasteiger charge is 2.20. The molecule has 1 amide bonds. The van der Waals surface area contributed by atoms with Gasteiger partial charge in [0.1, 0.15) is 0 Å². The predicted octanol–water partition coefficient (Wildman–Crippen LogP) is 18.0. The van der Waals surface area contributed by atoms with Gasteiger partial charge in [-0.2, -0.15) is 0 Å². The van der Waals surface area contributed by atoms with E-state index in [0.717, 1.165) is 83.5 Å². The van der Waals surface area contributed by atoms with Gasteiger partial charge < -0.3 is 20.3 Å². The van der Waals surface area contributed by atoms with E-state index >= 15 is 0 Å². The van der Waals surface area contributed by atoms with E-state index in [-0.39, 0.29) is 18.5 Å². The van der Waals surface area contributed by atoms with Gasteiger partial charge in [0, 0.05) is 12.8 Å². The van der Waals surface area contributed by atoms with Crippen molar-refractivity contribution in [2.24, 2.45) is 0 Å². The van der Waals surface area contributed by atoms with E-state index < -0.39 is 12.1 Å². The molecule has 2 unspecified atom stereocenters. The van der Waals surface area contributed by atoms with Gasteiger partial charge in [-0.15, -0.1) is 0 Å². The summed E-state index contributed by atoms with van der Waals surface area (Å²) < 4.78 is 5.43. The molecule has 0 saturated heterocycles. The van der Waals surface area contributed by atoms with Crippen LogP contribution in [0.3, 0.4) is 0 Å². The number of unbranched alkanes of at least 4 members (excludes halogenated alkanes) is 37. The number of ether oxygens (including phenoxy) is 1. The summed E-state index contributed by atoms with van der Waals surface area (Å²) in [6.07, 6.45) is 68.5. The van der Waals surface area contributed by atoms with Gasteiger partial charge in [-0.3, -0.25) is 9.59 Å². The van der Waals surface area contributed by atoms with E-state index in [2.05, 4.69) is 55.6 Å². The number of amides is 1. The highest BCUT2D eigenvalue weighted by atomic mass is 16.5. The zero-order valence-electron chi connectivity index (χ0n) is 44.2. The molecule has 2 atom stereocenters. The molecule has 0 radical (unpaired) electrons. The Morgan fingerprint density at radius 3 is 1.20 bits per heavy atom. The molecule has 6 heteroatoms. The lowest BCUT2D eigenvalue weighted by Gasteiger charge is -2.22. The van der Waals surface area contributed by atoms with Crippen molar-refractivity contribution in [2.75, 3.05) is 13.2 Å². The van der Waals surface area contributed by atoms with Crippen molar-refractivity contribution >= 4 is 11.9 Å². The van der Waals surface area contributed by atoms with Gasteiger partial charge in [0.2, 0.25) is 5.91 Å². The second-order valence-corrected chi connectivity index (χ2v) is 20.0. The van der Waals surface area contributed by atoms with Crippen molar-refractivity contribution in [3.8, 4) is 0 Å². The standard InChI is InChI=1S/C60H113NO5/c1-3-5-7-9-11-13-15-17-18-19-20-21-23-26-29-32-36-40-44-48-52-58(63)57(56-62)61-59(64)53-49-45-41-37-33-30-27-24-22-25-28-31-35-39-43-47-51-55-66-60(65)54-50-46-42-38-34-16-14-12-10-8-6-4-2/h12,14,22,25,31,35,57-58,62-63H,3-11,13,15-21,23-24,26-30,32-34,36-56H2,1-2H3,(H,61,64)/b14-12-,25-22-,35-31-. The molecular formula is C60H113NO5. The van der Waals surface area contributed by atoms with Gasteiger partial charge in [-0.05, 0) is 89.9 Å². The molecule has 3 N–H and O–H groups in total. The molecule has 388 valence electrons. The van der Waals surface area contributed by atoms with Crippen LogP contribution < -0.4 is 5.32 Å². The summed E-state index contributed by atoms with van der Waals surface area (Å²) in [5.41, 5.74) is 0. The number of carbonyl (C=O) groups is 2. The zero-order chi connectivity index (χ0) is 47.9. The minimum atomic E-state index is -0.676. The molecule has 0 spiro atoms. The van der Waals surface area contributed by atoms with Gasteiger partial charge in [-0.1, -0.05) is 243 Å². The highest BCUT2D eigenvalue weighted by Crippen LogP contribution is 2.17. The lowest BCUT2D eigenvalue weighted by atomic mass is 10.0. The molecule has 0 aromatic carbocycles. The molecule has 0 rings (SSSR count). The summed E-state index contributed by atoms with van der Waals surface area (Å²) in [6.45, 7) is 4.89. The van der Waals surface area contributed by atoms with E-state index in [9.17, 15) is 19.8 Å². The summed E-state index contributed by atoms with van der Waals surface area (Å²) >= 11 is 0. The Morgan fingerprint density at radius 2 is 0.758 bits per heavy atom. The van der Waals surface area contributed by atoms with Crippen LogP contribution in [0.15, 0.2) is 36.5 Å². The second-order valence-electron chi connectivity index (χ2n) is 20.0. The molecule has 6 nitrogen and oxygen atoms in total. The van der Waals surface area contributed by atoms with Crippen LogP contribution >= 0.6 is 0 Å². The summed E-state index contributed by atoms with van der Waals surface area (Å²) in [4.78, 5) is 24.5. The number of esters is 1. The molecule has 0 aliphatic rings. The lowest BCUT2D eigenvalue weighted by Crippen LogP contribution is -2.45. The first-order valence-corrected chi connectivity index (χ1v) is 29.2. The Bertz CT molecular complexity index is 1070. The fraction of sp³-hybridized carbons (Fsp3) is 0.867. The van der Waals surface area contributed by atoms with Crippen LogP contribution in [0.2, 0.25) is 0 Å². The molecule has 0 fully saturated rings. The Balaban J connectivity index is 3.51. The molecule has 0 saturated carbocycles. The number of rotatable bonds is 54. The molecule has 0 heterocycles. The lowest BCUT2D eigenvalue weighted by molar-refractivity contribution is -0.143. The van der Waals surface area contributed by atoms with Crippen LogP contribution in [-0.4, -0.2) is 47.4 Å². The maximum Gasteiger partial charge on any atom is 0.305 e. The second kappa shape index (κ2) is 55.7. The van der Waals surface area contributed by atoms with Gasteiger partial charge in [0.05, 0.1) is 25.4 Å². The summed E-state index contributed by atoms with van der Waals surface area (Å²) in [5.74, 6) is -0.0749. The van der Waals surface area contributed by atoms with Crippen molar-refractivity contribution in [3.05, 3.63) is 36.5 Å². The van der Waals surface area contributed by atoms with Crippen LogP contribution in [0.5, 0.6) is 0 Å². The van der Waals surface area contributed by atoms with Crippen LogP contribution in [0.4, 0.5) is 0 Å². The van der Waals surface area contributed by atoms with Crippen LogP contribution in [-0.2, 0) is 14.3 Å². The Morgan fingerprint density at radius 1 is 0.424 bits per heavy atom. The van der Waals surface area contributed by atoms with E-state index in [1.54, 1.807) is 0 Å². The average molecular weight is 929 g/mol. The van der Waals surface area contributed by atoms with Gasteiger partial charge in [0.25, 0.3) is 0 Å². The quantitative estimate of drug-likeness (QED) is 0.0321. The van der Waals surface area contributed by atoms with Crippen molar-refractivity contribution in [2.45, 2.75) is 321 Å². The summed E-state index contributed by atoms with van der Waals surface area (Å²) in [6, 6.07) is -0.555. The number of carbonyl (C=O) groups excluding carboxylic acids is 2. The van der Waals surface area contributed by atoms with Crippen molar-refractivity contribution in [3.63, 3.8) is 0 Å². The minimum absolute atomic E-state index is 0.0255. The van der Waals surface area contributed by atoms with E-state index in [0.29, 0.717) is 25.9 Å². The number of aliphatic hydroxyl groups is 2. The number of allylic oxidation sites excluding steroid dienone is 6. The SMILES string of the molecule is CCCCC/C=C\CCCCCCCC(=O)OCCCCC/C=C\C/C=C\CCCCCCCCCC(=O)NC(CO)C(O)CCCCCCCCCCCCCCCCCCCCCC. The monoisotopic (exact) mass is 928 g/mol. The number of nitrogens with one attached hydrogen (secondary N) is 1. The fourth-order valence-corrected chi connectivity index (χ4v) is 8.90. The first kappa shape index (κ1) is 64.1. The zero-order valence-corrected chi connectivity index (χ0v) is 44.2. The average Bonchev–Trinajstić information content (AvgIpc) is 3.32. The Labute approximate surface area is 411 Å². The van der Waals surface area contributed by atoms with E-state index in [1.165, 1.54) is 193 Å². The predicted molar refractivity (Wildman–Crippen MR) is 287 cm³/mol. The number of hydrogen-bond donors (Lipinski definition) is 3. The molecule has 0 bridgehead atoms. The maximum atomic E-state index is 12.5. The Kier molecular flexibility index (Phi) is 54.1.